The first-order valence-electron chi connectivity index (χ1n) is 5.96. The Balaban J connectivity index is 2.07. The lowest BCUT2D eigenvalue weighted by atomic mass is 9.97. The molecule has 1 aromatic rings. The van der Waals surface area contributed by atoms with Crippen molar-refractivity contribution < 1.29 is 9.90 Å². The molecular weight excluding hydrogens is 273 g/mol. The van der Waals surface area contributed by atoms with Crippen molar-refractivity contribution in [2.45, 2.75) is 12.8 Å². The molecule has 1 aliphatic heterocycles. The number of rotatable bonds is 2. The minimum absolute atomic E-state index is 0.0456. The summed E-state index contributed by atoms with van der Waals surface area (Å²) in [5.41, 5.74) is 0.523. The molecule has 1 N–H and O–H groups in total. The lowest BCUT2D eigenvalue weighted by Gasteiger charge is -2.31. The lowest BCUT2D eigenvalue weighted by molar-refractivity contribution is 0.0651. The molecule has 1 saturated heterocycles. The third-order valence-electron chi connectivity index (χ3n) is 3.27. The van der Waals surface area contributed by atoms with E-state index in [9.17, 15) is 4.79 Å². The van der Waals surface area contributed by atoms with Gasteiger partial charge in [0, 0.05) is 35.3 Å². The monoisotopic (exact) mass is 287 g/mol. The fourth-order valence-electron chi connectivity index (χ4n) is 2.18. The molecule has 0 bridgehead atoms. The molecule has 5 heteroatoms. The SMILES string of the molecule is O=C(c1cc(Cl)cc(Cl)c1)N1CCC(CO)CC1. The number of likely N-dealkylation sites (tertiary alicyclic amines) is 1. The van der Waals surface area contributed by atoms with E-state index >= 15 is 0 Å². The van der Waals surface area contributed by atoms with Crippen LogP contribution in [0.3, 0.4) is 0 Å². The zero-order chi connectivity index (χ0) is 13.1. The predicted molar refractivity (Wildman–Crippen MR) is 72.2 cm³/mol. The summed E-state index contributed by atoms with van der Waals surface area (Å²) in [4.78, 5) is 14.0. The highest BCUT2D eigenvalue weighted by atomic mass is 35.5. The fourth-order valence-corrected chi connectivity index (χ4v) is 2.70. The highest BCUT2D eigenvalue weighted by Gasteiger charge is 2.23. The molecule has 1 aromatic carbocycles. The number of nitrogens with zero attached hydrogens (tertiary/aromatic N) is 1. The van der Waals surface area contributed by atoms with Crippen molar-refractivity contribution in [2.75, 3.05) is 19.7 Å². The third kappa shape index (κ3) is 3.16. The van der Waals surface area contributed by atoms with Crippen LogP contribution in [0.1, 0.15) is 23.2 Å². The minimum atomic E-state index is -0.0456. The van der Waals surface area contributed by atoms with Gasteiger partial charge in [-0.3, -0.25) is 4.79 Å². The second-order valence-electron chi connectivity index (χ2n) is 4.58. The zero-order valence-electron chi connectivity index (χ0n) is 9.90. The van der Waals surface area contributed by atoms with E-state index in [1.807, 2.05) is 0 Å². The summed E-state index contributed by atoms with van der Waals surface area (Å²) >= 11 is 11.8. The van der Waals surface area contributed by atoms with Crippen LogP contribution in [0.4, 0.5) is 0 Å². The summed E-state index contributed by atoms with van der Waals surface area (Å²) in [6.07, 6.45) is 1.69. The topological polar surface area (TPSA) is 40.5 Å². The Morgan fingerprint density at radius 3 is 2.28 bits per heavy atom. The molecule has 2 rings (SSSR count). The van der Waals surface area contributed by atoms with Crippen LogP contribution in [-0.4, -0.2) is 35.6 Å². The molecular formula is C13H15Cl2NO2. The molecule has 0 aliphatic carbocycles. The molecule has 0 unspecified atom stereocenters. The Morgan fingerprint density at radius 1 is 1.22 bits per heavy atom. The molecule has 1 amide bonds. The van der Waals surface area contributed by atoms with Crippen LogP contribution in [0.15, 0.2) is 18.2 Å². The summed E-state index contributed by atoms with van der Waals surface area (Å²) < 4.78 is 0. The number of hydrogen-bond donors (Lipinski definition) is 1. The van der Waals surface area contributed by atoms with Crippen LogP contribution in [0.2, 0.25) is 10.0 Å². The minimum Gasteiger partial charge on any atom is -0.396 e. The van der Waals surface area contributed by atoms with Crippen LogP contribution in [-0.2, 0) is 0 Å². The van der Waals surface area contributed by atoms with Crippen LogP contribution < -0.4 is 0 Å². The first kappa shape index (κ1) is 13.7. The van der Waals surface area contributed by atoms with Gasteiger partial charge in [-0.25, -0.2) is 0 Å². The van der Waals surface area contributed by atoms with Crippen molar-refractivity contribution >= 4 is 29.1 Å². The molecule has 3 nitrogen and oxygen atoms in total. The first-order valence-corrected chi connectivity index (χ1v) is 6.72. The van der Waals surface area contributed by atoms with E-state index in [2.05, 4.69) is 0 Å². The van der Waals surface area contributed by atoms with Gasteiger partial charge < -0.3 is 10.0 Å². The smallest absolute Gasteiger partial charge is 0.253 e. The average Bonchev–Trinajstić information content (AvgIpc) is 2.37. The van der Waals surface area contributed by atoms with Crippen molar-refractivity contribution in [2.24, 2.45) is 5.92 Å². The Labute approximate surface area is 116 Å². The largest absolute Gasteiger partial charge is 0.396 e. The van der Waals surface area contributed by atoms with E-state index in [0.717, 1.165) is 12.8 Å². The summed E-state index contributed by atoms with van der Waals surface area (Å²) in [5, 5.41) is 10.0. The Hall–Kier alpha value is -0.770. The predicted octanol–water partition coefficient (Wildman–Crippen LogP) is 2.84. The van der Waals surface area contributed by atoms with Crippen LogP contribution in [0.25, 0.3) is 0 Å². The Kier molecular flexibility index (Phi) is 4.49. The third-order valence-corrected chi connectivity index (χ3v) is 3.71. The van der Waals surface area contributed by atoms with E-state index in [1.54, 1.807) is 23.1 Å². The molecule has 0 atom stereocenters. The maximum Gasteiger partial charge on any atom is 0.253 e. The van der Waals surface area contributed by atoms with Gasteiger partial charge in [0.05, 0.1) is 0 Å². The zero-order valence-corrected chi connectivity index (χ0v) is 11.4. The maximum atomic E-state index is 12.2. The molecule has 98 valence electrons. The molecule has 1 aliphatic rings. The van der Waals surface area contributed by atoms with Crippen LogP contribution in [0.5, 0.6) is 0 Å². The number of hydrogen-bond acceptors (Lipinski definition) is 2. The van der Waals surface area contributed by atoms with Gasteiger partial charge in [0.25, 0.3) is 5.91 Å². The fraction of sp³-hybridized carbons (Fsp3) is 0.462. The highest BCUT2D eigenvalue weighted by Crippen LogP contribution is 2.22. The number of carbonyl (C=O) groups is 1. The number of amides is 1. The van der Waals surface area contributed by atoms with Gasteiger partial charge in [-0.05, 0) is 37.0 Å². The summed E-state index contributed by atoms with van der Waals surface area (Å²) in [5.74, 6) is 0.271. The molecule has 0 radical (unpaired) electrons. The van der Waals surface area contributed by atoms with Gasteiger partial charge in [0.2, 0.25) is 0 Å². The average molecular weight is 288 g/mol. The number of aliphatic hydroxyl groups excluding tert-OH is 1. The van der Waals surface area contributed by atoms with E-state index in [4.69, 9.17) is 28.3 Å². The lowest BCUT2D eigenvalue weighted by Crippen LogP contribution is -2.39. The Morgan fingerprint density at radius 2 is 1.78 bits per heavy atom. The van der Waals surface area contributed by atoms with Gasteiger partial charge in [-0.1, -0.05) is 23.2 Å². The van der Waals surface area contributed by atoms with Gasteiger partial charge in [-0.2, -0.15) is 0 Å². The Bertz CT molecular complexity index is 422. The summed E-state index contributed by atoms with van der Waals surface area (Å²) in [6.45, 7) is 1.55. The van der Waals surface area contributed by atoms with E-state index in [0.29, 0.717) is 34.6 Å². The second-order valence-corrected chi connectivity index (χ2v) is 5.45. The second kappa shape index (κ2) is 5.91. The van der Waals surface area contributed by atoms with Crippen molar-refractivity contribution in [3.05, 3.63) is 33.8 Å². The van der Waals surface area contributed by atoms with Crippen LogP contribution >= 0.6 is 23.2 Å². The summed E-state index contributed by atoms with van der Waals surface area (Å²) in [7, 11) is 0. The van der Waals surface area contributed by atoms with E-state index in [-0.39, 0.29) is 12.5 Å². The molecule has 0 spiro atoms. The van der Waals surface area contributed by atoms with Crippen LogP contribution in [0, 0.1) is 5.92 Å². The normalized spacial score (nSPS) is 16.9. The van der Waals surface area contributed by atoms with Crippen molar-refractivity contribution in [1.29, 1.82) is 0 Å². The number of carbonyl (C=O) groups excluding carboxylic acids is 1. The van der Waals surface area contributed by atoms with Gasteiger partial charge in [-0.15, -0.1) is 0 Å². The molecule has 1 fully saturated rings. The van der Waals surface area contributed by atoms with Gasteiger partial charge in [0.15, 0.2) is 0 Å². The highest BCUT2D eigenvalue weighted by molar-refractivity contribution is 6.35. The molecule has 1 heterocycles. The van der Waals surface area contributed by atoms with Gasteiger partial charge >= 0.3 is 0 Å². The van der Waals surface area contributed by atoms with Crippen molar-refractivity contribution in [3.8, 4) is 0 Å². The van der Waals surface area contributed by atoms with E-state index in [1.165, 1.54) is 0 Å². The summed E-state index contributed by atoms with van der Waals surface area (Å²) in [6, 6.07) is 4.87. The first-order chi connectivity index (χ1) is 8.60. The standard InChI is InChI=1S/C13H15Cl2NO2/c14-11-5-10(6-12(15)7-11)13(18)16-3-1-9(8-17)2-4-16/h5-7,9,17H,1-4,8H2. The van der Waals surface area contributed by atoms with Crippen molar-refractivity contribution in [3.63, 3.8) is 0 Å². The molecule has 0 saturated carbocycles. The molecule has 0 aromatic heterocycles. The quantitative estimate of drug-likeness (QED) is 0.909. The van der Waals surface area contributed by atoms with Gasteiger partial charge in [0.1, 0.15) is 0 Å². The maximum absolute atomic E-state index is 12.2. The number of aliphatic hydroxyl groups is 1. The number of halogens is 2. The number of benzene rings is 1. The van der Waals surface area contributed by atoms with Crippen molar-refractivity contribution in [1.82, 2.24) is 4.90 Å². The molecule has 18 heavy (non-hydrogen) atoms. The van der Waals surface area contributed by atoms with E-state index < -0.39 is 0 Å². The number of piperidine rings is 1.